The lowest BCUT2D eigenvalue weighted by atomic mass is 10.5. The molecule has 0 aromatic carbocycles. The highest BCUT2D eigenvalue weighted by Gasteiger charge is 2.16. The number of rotatable bonds is 4. The van der Waals surface area contributed by atoms with Crippen LogP contribution in [0.3, 0.4) is 0 Å². The van der Waals surface area contributed by atoms with Gasteiger partial charge in [0.1, 0.15) is 5.82 Å². The second-order valence-electron chi connectivity index (χ2n) is 3.53. The van der Waals surface area contributed by atoms with E-state index in [-0.39, 0.29) is 4.90 Å². The zero-order chi connectivity index (χ0) is 13.2. The van der Waals surface area contributed by atoms with E-state index >= 15 is 0 Å². The van der Waals surface area contributed by atoms with Gasteiger partial charge in [0, 0.05) is 24.7 Å². The maximum absolute atomic E-state index is 12.1. The summed E-state index contributed by atoms with van der Waals surface area (Å²) in [6.07, 6.45) is 1.44. The van der Waals surface area contributed by atoms with Crippen molar-refractivity contribution in [3.63, 3.8) is 0 Å². The van der Waals surface area contributed by atoms with Crippen molar-refractivity contribution >= 4 is 32.3 Å². The van der Waals surface area contributed by atoms with Crippen LogP contribution in [-0.4, -0.2) is 25.4 Å². The van der Waals surface area contributed by atoms with Crippen molar-refractivity contribution in [3.8, 4) is 0 Å². The normalized spacial score (nSPS) is 11.2. The van der Waals surface area contributed by atoms with Gasteiger partial charge in [0.05, 0.1) is 10.6 Å². The number of hydrogen-bond donors (Lipinski definition) is 2. The summed E-state index contributed by atoms with van der Waals surface area (Å²) >= 11 is 1.25. The van der Waals surface area contributed by atoms with Crippen LogP contribution in [0.15, 0.2) is 28.6 Å². The first-order chi connectivity index (χ1) is 8.51. The van der Waals surface area contributed by atoms with Crippen LogP contribution in [0.4, 0.5) is 10.9 Å². The standard InChI is InChI=1S/C10H12N4O2S2/c1-7-6-17-10(13-7)14-18(15,16)8-3-4-12-9(5-8)11-2/h3-6H,1-2H3,(H,11,12)(H,13,14). The number of hydrogen-bond acceptors (Lipinski definition) is 6. The fourth-order valence-corrected chi connectivity index (χ4v) is 3.24. The van der Waals surface area contributed by atoms with Gasteiger partial charge < -0.3 is 5.32 Å². The molecule has 2 rings (SSSR count). The van der Waals surface area contributed by atoms with E-state index in [9.17, 15) is 8.42 Å². The van der Waals surface area contributed by atoms with Crippen molar-refractivity contribution in [2.24, 2.45) is 0 Å². The molecule has 0 spiro atoms. The van der Waals surface area contributed by atoms with Crippen molar-refractivity contribution in [1.82, 2.24) is 9.97 Å². The summed E-state index contributed by atoms with van der Waals surface area (Å²) in [6, 6.07) is 2.90. The minimum Gasteiger partial charge on any atom is -0.373 e. The van der Waals surface area contributed by atoms with Gasteiger partial charge in [-0.15, -0.1) is 11.3 Å². The third kappa shape index (κ3) is 2.77. The molecular weight excluding hydrogens is 272 g/mol. The second-order valence-corrected chi connectivity index (χ2v) is 6.07. The van der Waals surface area contributed by atoms with E-state index in [1.54, 1.807) is 19.4 Å². The van der Waals surface area contributed by atoms with Gasteiger partial charge in [-0.3, -0.25) is 4.72 Å². The molecule has 0 saturated carbocycles. The number of aryl methyl sites for hydroxylation is 1. The Balaban J connectivity index is 2.30. The van der Waals surface area contributed by atoms with Crippen LogP contribution in [0.25, 0.3) is 0 Å². The molecule has 0 atom stereocenters. The summed E-state index contributed by atoms with van der Waals surface area (Å²) in [4.78, 5) is 8.18. The quantitative estimate of drug-likeness (QED) is 0.892. The predicted octanol–water partition coefficient (Wildman–Crippen LogP) is 1.69. The molecule has 2 aromatic heterocycles. The fourth-order valence-electron chi connectivity index (χ4n) is 1.29. The number of pyridine rings is 1. The van der Waals surface area contributed by atoms with E-state index in [1.807, 2.05) is 0 Å². The van der Waals surface area contributed by atoms with Crippen molar-refractivity contribution in [2.45, 2.75) is 11.8 Å². The fraction of sp³-hybridized carbons (Fsp3) is 0.200. The molecule has 6 nitrogen and oxygen atoms in total. The molecule has 2 aromatic rings. The van der Waals surface area contributed by atoms with Crippen LogP contribution in [-0.2, 0) is 10.0 Å². The Kier molecular flexibility index (Phi) is 3.48. The zero-order valence-electron chi connectivity index (χ0n) is 9.84. The van der Waals surface area contributed by atoms with Gasteiger partial charge in [-0.1, -0.05) is 0 Å². The Morgan fingerprint density at radius 3 is 2.78 bits per heavy atom. The molecule has 18 heavy (non-hydrogen) atoms. The highest BCUT2D eigenvalue weighted by molar-refractivity contribution is 7.93. The molecule has 2 N–H and O–H groups in total. The van der Waals surface area contributed by atoms with Crippen molar-refractivity contribution < 1.29 is 8.42 Å². The summed E-state index contributed by atoms with van der Waals surface area (Å²) in [6.45, 7) is 1.81. The lowest BCUT2D eigenvalue weighted by Crippen LogP contribution is -2.13. The first-order valence-corrected chi connectivity index (χ1v) is 7.46. The molecule has 0 aliphatic rings. The van der Waals surface area contributed by atoms with Gasteiger partial charge in [0.25, 0.3) is 10.0 Å². The van der Waals surface area contributed by atoms with Gasteiger partial charge in [0.2, 0.25) is 0 Å². The second kappa shape index (κ2) is 4.91. The van der Waals surface area contributed by atoms with Crippen molar-refractivity contribution in [1.29, 1.82) is 0 Å². The third-order valence-corrected chi connectivity index (χ3v) is 4.48. The zero-order valence-corrected chi connectivity index (χ0v) is 11.5. The van der Waals surface area contributed by atoms with Crippen LogP contribution >= 0.6 is 11.3 Å². The maximum Gasteiger partial charge on any atom is 0.263 e. The maximum atomic E-state index is 12.1. The van der Waals surface area contributed by atoms with Crippen molar-refractivity contribution in [3.05, 3.63) is 29.4 Å². The number of sulfonamides is 1. The summed E-state index contributed by atoms with van der Waals surface area (Å²) in [5.41, 5.74) is 0.781. The molecule has 0 aliphatic carbocycles. The van der Waals surface area contributed by atoms with Gasteiger partial charge in [-0.25, -0.2) is 18.4 Å². The van der Waals surface area contributed by atoms with Crippen LogP contribution in [0.1, 0.15) is 5.69 Å². The molecule has 8 heteroatoms. The molecule has 0 unspecified atom stereocenters. The summed E-state index contributed by atoms with van der Waals surface area (Å²) in [5.74, 6) is 0.494. The lowest BCUT2D eigenvalue weighted by Gasteiger charge is -2.06. The number of nitrogens with zero attached hydrogens (tertiary/aromatic N) is 2. The minimum atomic E-state index is -3.61. The number of anilines is 2. The minimum absolute atomic E-state index is 0.148. The van der Waals surface area contributed by atoms with Gasteiger partial charge in [-0.2, -0.15) is 0 Å². The molecule has 0 aliphatic heterocycles. The first-order valence-electron chi connectivity index (χ1n) is 5.10. The molecule has 0 bridgehead atoms. The largest absolute Gasteiger partial charge is 0.373 e. The Hall–Kier alpha value is -1.67. The number of thiazole rings is 1. The summed E-state index contributed by atoms with van der Waals surface area (Å²) in [7, 11) is -1.94. The Bertz CT molecular complexity index is 651. The van der Waals surface area contributed by atoms with E-state index in [0.29, 0.717) is 10.9 Å². The van der Waals surface area contributed by atoms with Crippen LogP contribution < -0.4 is 10.0 Å². The molecule has 0 amide bonds. The molecule has 0 saturated heterocycles. The van der Waals surface area contributed by atoms with E-state index in [2.05, 4.69) is 20.0 Å². The topological polar surface area (TPSA) is 84.0 Å². The van der Waals surface area contributed by atoms with E-state index in [4.69, 9.17) is 0 Å². The van der Waals surface area contributed by atoms with E-state index in [0.717, 1.165) is 5.69 Å². The van der Waals surface area contributed by atoms with Gasteiger partial charge in [0.15, 0.2) is 5.13 Å². The first kappa shape index (κ1) is 12.8. The Morgan fingerprint density at radius 2 is 2.17 bits per heavy atom. The molecule has 2 heterocycles. The lowest BCUT2D eigenvalue weighted by molar-refractivity contribution is 0.601. The van der Waals surface area contributed by atoms with Crippen LogP contribution in [0.5, 0.6) is 0 Å². The van der Waals surface area contributed by atoms with Crippen LogP contribution in [0.2, 0.25) is 0 Å². The smallest absolute Gasteiger partial charge is 0.263 e. The van der Waals surface area contributed by atoms with Gasteiger partial charge in [-0.05, 0) is 13.0 Å². The monoisotopic (exact) mass is 284 g/mol. The highest BCUT2D eigenvalue weighted by Crippen LogP contribution is 2.20. The van der Waals surface area contributed by atoms with E-state index < -0.39 is 10.0 Å². The molecule has 96 valence electrons. The summed E-state index contributed by atoms with van der Waals surface area (Å²) in [5, 5.41) is 4.93. The SMILES string of the molecule is CNc1cc(S(=O)(=O)Nc2nc(C)cs2)ccn1. The van der Waals surface area contributed by atoms with Gasteiger partial charge >= 0.3 is 0 Å². The van der Waals surface area contributed by atoms with Crippen molar-refractivity contribution in [2.75, 3.05) is 17.1 Å². The Morgan fingerprint density at radius 1 is 1.39 bits per heavy atom. The molecule has 0 fully saturated rings. The van der Waals surface area contributed by atoms with E-state index in [1.165, 1.54) is 29.7 Å². The average Bonchev–Trinajstić information content (AvgIpc) is 2.74. The van der Waals surface area contributed by atoms with Crippen LogP contribution in [0, 0.1) is 6.92 Å². The predicted molar refractivity (Wildman–Crippen MR) is 71.4 cm³/mol. The number of nitrogens with one attached hydrogen (secondary N) is 2. The average molecular weight is 284 g/mol. The highest BCUT2D eigenvalue weighted by atomic mass is 32.2. The molecular formula is C10H12N4O2S2. The third-order valence-electron chi connectivity index (χ3n) is 2.14. The Labute approximate surface area is 109 Å². The summed E-state index contributed by atoms with van der Waals surface area (Å²) < 4.78 is 26.6. The molecule has 0 radical (unpaired) electrons. The number of aromatic nitrogens is 2.